The van der Waals surface area contributed by atoms with Gasteiger partial charge in [0.15, 0.2) is 0 Å². The zero-order chi connectivity index (χ0) is 22.8. The minimum absolute atomic E-state index is 1.12. The summed E-state index contributed by atoms with van der Waals surface area (Å²) in [6, 6.07) is 0. The van der Waals surface area contributed by atoms with E-state index in [4.69, 9.17) is 0 Å². The third-order valence-corrected chi connectivity index (χ3v) is 4.17. The summed E-state index contributed by atoms with van der Waals surface area (Å²) in [5.41, 5.74) is 7.81. The van der Waals surface area contributed by atoms with Crippen molar-refractivity contribution in [3.63, 3.8) is 0 Å². The minimum atomic E-state index is 1.12. The number of allylic oxidation sites excluding steroid dienone is 20. The van der Waals surface area contributed by atoms with E-state index in [2.05, 4.69) is 140 Å². The first-order chi connectivity index (χ1) is 14.2. The normalized spacial score (nSPS) is 14.5. The van der Waals surface area contributed by atoms with Crippen molar-refractivity contribution < 1.29 is 0 Å². The molecule has 0 aromatic carbocycles. The fourth-order valence-corrected chi connectivity index (χ4v) is 2.36. The molecular weight excluding hydrogens is 360 g/mol. The molecule has 0 amide bonds. The van der Waals surface area contributed by atoms with Gasteiger partial charge < -0.3 is 0 Å². The molecule has 0 radical (unpaired) electrons. The Labute approximate surface area is 186 Å². The predicted molar refractivity (Wildman–Crippen MR) is 140 cm³/mol. The Morgan fingerprint density at radius 2 is 0.900 bits per heavy atom. The first-order valence-electron chi connectivity index (χ1n) is 10.9. The third kappa shape index (κ3) is 18.7. The van der Waals surface area contributed by atoms with E-state index in [-0.39, 0.29) is 0 Å². The van der Waals surface area contributed by atoms with Crippen molar-refractivity contribution in [2.45, 2.75) is 68.2 Å². The van der Waals surface area contributed by atoms with Crippen LogP contribution in [-0.4, -0.2) is 0 Å². The maximum Gasteiger partial charge on any atom is -0.0285 e. The van der Waals surface area contributed by atoms with Crippen molar-refractivity contribution in [3.05, 3.63) is 119 Å². The molecule has 0 aliphatic heterocycles. The van der Waals surface area contributed by atoms with E-state index in [1.54, 1.807) is 0 Å². The summed E-state index contributed by atoms with van der Waals surface area (Å²) in [6.07, 6.45) is 32.1. The van der Waals surface area contributed by atoms with Crippen LogP contribution in [-0.2, 0) is 0 Å². The molecule has 0 unspecified atom stereocenters. The zero-order valence-corrected chi connectivity index (χ0v) is 20.5. The van der Waals surface area contributed by atoms with E-state index in [0.717, 1.165) is 12.8 Å². The Bertz CT molecular complexity index is 798. The van der Waals surface area contributed by atoms with Gasteiger partial charge in [-0.05, 0) is 68.2 Å². The lowest BCUT2D eigenvalue weighted by atomic mass is 10.1. The lowest BCUT2D eigenvalue weighted by Gasteiger charge is -1.96. The van der Waals surface area contributed by atoms with Crippen molar-refractivity contribution >= 4 is 0 Å². The summed E-state index contributed by atoms with van der Waals surface area (Å²) in [5.74, 6) is 0. The van der Waals surface area contributed by atoms with Crippen LogP contribution in [0.4, 0.5) is 0 Å². The van der Waals surface area contributed by atoms with Crippen LogP contribution in [0, 0.1) is 0 Å². The summed E-state index contributed by atoms with van der Waals surface area (Å²) in [7, 11) is 0. The summed E-state index contributed by atoms with van der Waals surface area (Å²) < 4.78 is 0. The molecular formula is C30H42. The number of rotatable bonds is 11. The standard InChI is InChI=1S/C30H42/c1-25(2)15-11-19-27(5)17-9-10-18-28(6)21-13-23-30(8)24-14-22-29(7)20-12-16-26(3)4/h9-11,13-19,21-24H,12,20H2,1-8H3/b10-9+,19-11+,21-13+,24-14+,27-17+,28-18+,29-22+,30-23+. The zero-order valence-electron chi connectivity index (χ0n) is 20.5. The summed E-state index contributed by atoms with van der Waals surface area (Å²) in [4.78, 5) is 0. The van der Waals surface area contributed by atoms with Gasteiger partial charge in [-0.1, -0.05) is 119 Å². The van der Waals surface area contributed by atoms with Crippen LogP contribution in [0.15, 0.2) is 119 Å². The smallest absolute Gasteiger partial charge is 0.0285 e. The highest BCUT2D eigenvalue weighted by Gasteiger charge is 1.87. The Morgan fingerprint density at radius 3 is 1.37 bits per heavy atom. The first-order valence-corrected chi connectivity index (χ1v) is 10.9. The summed E-state index contributed by atoms with van der Waals surface area (Å²) in [6.45, 7) is 17.0. The molecule has 0 bridgehead atoms. The number of hydrogen-bond donors (Lipinski definition) is 0. The van der Waals surface area contributed by atoms with Gasteiger partial charge >= 0.3 is 0 Å². The van der Waals surface area contributed by atoms with Crippen molar-refractivity contribution in [1.29, 1.82) is 0 Å². The van der Waals surface area contributed by atoms with Crippen LogP contribution in [0.1, 0.15) is 68.2 Å². The molecule has 0 aliphatic rings. The Hall–Kier alpha value is -2.60. The van der Waals surface area contributed by atoms with Gasteiger partial charge in [-0.15, -0.1) is 0 Å². The van der Waals surface area contributed by atoms with E-state index < -0.39 is 0 Å². The van der Waals surface area contributed by atoms with Crippen LogP contribution in [0.5, 0.6) is 0 Å². The van der Waals surface area contributed by atoms with E-state index in [0.29, 0.717) is 0 Å². The van der Waals surface area contributed by atoms with Gasteiger partial charge in [-0.2, -0.15) is 0 Å². The Balaban J connectivity index is 4.59. The molecule has 0 fully saturated rings. The molecule has 0 spiro atoms. The van der Waals surface area contributed by atoms with Crippen LogP contribution in [0.3, 0.4) is 0 Å². The van der Waals surface area contributed by atoms with Gasteiger partial charge in [0, 0.05) is 0 Å². The summed E-state index contributed by atoms with van der Waals surface area (Å²) in [5, 5.41) is 0. The molecule has 162 valence electrons. The molecule has 0 saturated carbocycles. The van der Waals surface area contributed by atoms with Gasteiger partial charge in [0.1, 0.15) is 0 Å². The number of hydrogen-bond acceptors (Lipinski definition) is 0. The predicted octanol–water partition coefficient (Wildman–Crippen LogP) is 9.71. The van der Waals surface area contributed by atoms with E-state index >= 15 is 0 Å². The van der Waals surface area contributed by atoms with Crippen LogP contribution >= 0.6 is 0 Å². The van der Waals surface area contributed by atoms with Gasteiger partial charge in [-0.3, -0.25) is 0 Å². The topological polar surface area (TPSA) is 0 Å². The fraction of sp³-hybridized carbons (Fsp3) is 0.333. The van der Waals surface area contributed by atoms with E-state index in [1.165, 1.54) is 33.4 Å². The SMILES string of the molecule is CC(C)=C/C=C/C(C)=C/C=C/C=C(C)/C=C/C=C(C)/C=C/C=C(\C)CCC=C(C)C. The second-order valence-electron chi connectivity index (χ2n) is 8.27. The molecule has 0 heteroatoms. The van der Waals surface area contributed by atoms with Crippen molar-refractivity contribution in [1.82, 2.24) is 0 Å². The Morgan fingerprint density at radius 1 is 0.467 bits per heavy atom. The summed E-state index contributed by atoms with van der Waals surface area (Å²) >= 11 is 0. The average molecular weight is 403 g/mol. The second kappa shape index (κ2) is 17.3. The van der Waals surface area contributed by atoms with Gasteiger partial charge in [0.25, 0.3) is 0 Å². The van der Waals surface area contributed by atoms with Gasteiger partial charge in [0.2, 0.25) is 0 Å². The molecule has 0 aromatic rings. The molecule has 0 nitrogen and oxygen atoms in total. The molecule has 0 saturated heterocycles. The molecule has 0 N–H and O–H groups in total. The molecule has 0 aliphatic carbocycles. The first kappa shape index (κ1) is 27.4. The molecule has 0 rings (SSSR count). The second-order valence-corrected chi connectivity index (χ2v) is 8.27. The molecule has 0 heterocycles. The molecule has 0 aromatic heterocycles. The monoisotopic (exact) mass is 402 g/mol. The minimum Gasteiger partial charge on any atom is -0.0856 e. The maximum atomic E-state index is 2.29. The van der Waals surface area contributed by atoms with E-state index in [1.807, 2.05) is 0 Å². The third-order valence-electron chi connectivity index (χ3n) is 4.17. The van der Waals surface area contributed by atoms with Gasteiger partial charge in [-0.25, -0.2) is 0 Å². The van der Waals surface area contributed by atoms with Crippen LogP contribution in [0.2, 0.25) is 0 Å². The maximum absolute atomic E-state index is 2.29. The van der Waals surface area contributed by atoms with Crippen LogP contribution < -0.4 is 0 Å². The van der Waals surface area contributed by atoms with E-state index in [9.17, 15) is 0 Å². The lowest BCUT2D eigenvalue weighted by Crippen LogP contribution is -1.76. The fourth-order valence-electron chi connectivity index (χ4n) is 2.36. The van der Waals surface area contributed by atoms with Crippen LogP contribution in [0.25, 0.3) is 0 Å². The highest BCUT2D eigenvalue weighted by molar-refractivity contribution is 5.31. The lowest BCUT2D eigenvalue weighted by molar-refractivity contribution is 0.967. The Kier molecular flexibility index (Phi) is 15.8. The van der Waals surface area contributed by atoms with Crippen molar-refractivity contribution in [3.8, 4) is 0 Å². The van der Waals surface area contributed by atoms with Gasteiger partial charge in [0.05, 0.1) is 0 Å². The largest absolute Gasteiger partial charge is 0.0856 e. The average Bonchev–Trinajstić information content (AvgIpc) is 2.64. The molecule has 30 heavy (non-hydrogen) atoms. The van der Waals surface area contributed by atoms with Crippen molar-refractivity contribution in [2.75, 3.05) is 0 Å². The quantitative estimate of drug-likeness (QED) is 0.238. The van der Waals surface area contributed by atoms with Crippen molar-refractivity contribution in [2.24, 2.45) is 0 Å². The molecule has 0 atom stereocenters. The highest BCUT2D eigenvalue weighted by Crippen LogP contribution is 2.07. The highest BCUT2D eigenvalue weighted by atomic mass is 13.9.